The third-order valence-corrected chi connectivity index (χ3v) is 2.95. The Morgan fingerprint density at radius 2 is 2.28 bits per heavy atom. The third kappa shape index (κ3) is 3.64. The molecule has 1 aromatic rings. The lowest BCUT2D eigenvalue weighted by atomic mass is 10.2. The Hall–Kier alpha value is -1.73. The predicted octanol–water partition coefficient (Wildman–Crippen LogP) is 2.29. The van der Waals surface area contributed by atoms with Gasteiger partial charge in [0.25, 0.3) is 0 Å². The summed E-state index contributed by atoms with van der Waals surface area (Å²) in [7, 11) is 0. The summed E-state index contributed by atoms with van der Waals surface area (Å²) in [5.41, 5.74) is 1.20. The van der Waals surface area contributed by atoms with E-state index in [0.29, 0.717) is 35.3 Å². The Morgan fingerprint density at radius 1 is 1.50 bits per heavy atom. The number of nitriles is 1. The Kier molecular flexibility index (Phi) is 4.06. The quantitative estimate of drug-likeness (QED) is 0.857. The largest absolute Gasteiger partial charge is 0.383 e. The molecule has 2 N–H and O–H groups in total. The summed E-state index contributed by atoms with van der Waals surface area (Å²) in [6.45, 7) is 0.509. The fourth-order valence-corrected chi connectivity index (χ4v) is 1.77. The van der Waals surface area contributed by atoms with Gasteiger partial charge in [-0.05, 0) is 31.0 Å². The molecule has 1 amide bonds. The Balaban J connectivity index is 1.82. The highest BCUT2D eigenvalue weighted by atomic mass is 35.5. The van der Waals surface area contributed by atoms with Crippen LogP contribution >= 0.6 is 11.6 Å². The van der Waals surface area contributed by atoms with Crippen molar-refractivity contribution in [2.24, 2.45) is 0 Å². The molecule has 0 heterocycles. The SMILES string of the molecule is N#Cc1cc(Cl)ccc1NCCC(=O)NC1CC1. The zero-order valence-electron chi connectivity index (χ0n) is 9.87. The van der Waals surface area contributed by atoms with Crippen LogP contribution in [-0.4, -0.2) is 18.5 Å². The van der Waals surface area contributed by atoms with Crippen molar-refractivity contribution in [2.45, 2.75) is 25.3 Å². The van der Waals surface area contributed by atoms with Gasteiger partial charge < -0.3 is 10.6 Å². The molecule has 0 aliphatic heterocycles. The normalized spacial score (nSPS) is 13.8. The Labute approximate surface area is 111 Å². The maximum absolute atomic E-state index is 11.5. The van der Waals surface area contributed by atoms with Crippen LogP contribution in [0.15, 0.2) is 18.2 Å². The molecular formula is C13H14ClN3O. The second-order valence-corrected chi connectivity index (χ2v) is 4.76. The molecule has 1 aromatic carbocycles. The number of benzene rings is 1. The molecule has 1 fully saturated rings. The van der Waals surface area contributed by atoms with Gasteiger partial charge in [-0.25, -0.2) is 0 Å². The van der Waals surface area contributed by atoms with E-state index in [1.807, 2.05) is 0 Å². The molecule has 1 saturated carbocycles. The molecule has 0 atom stereocenters. The molecule has 0 unspecified atom stereocenters. The number of halogens is 1. The minimum Gasteiger partial charge on any atom is -0.383 e. The van der Waals surface area contributed by atoms with Crippen LogP contribution in [0.2, 0.25) is 5.02 Å². The van der Waals surface area contributed by atoms with Gasteiger partial charge in [0.15, 0.2) is 0 Å². The van der Waals surface area contributed by atoms with Crippen molar-refractivity contribution >= 4 is 23.2 Å². The summed E-state index contributed by atoms with van der Waals surface area (Å²) in [4.78, 5) is 11.5. The van der Waals surface area contributed by atoms with Gasteiger partial charge in [0.05, 0.1) is 11.3 Å². The fourth-order valence-electron chi connectivity index (χ4n) is 1.60. The number of hydrogen-bond donors (Lipinski definition) is 2. The standard InChI is InChI=1S/C13H14ClN3O/c14-10-1-4-12(9(7-10)8-15)16-6-5-13(18)17-11-2-3-11/h1,4,7,11,16H,2-3,5-6H2,(H,17,18). The summed E-state index contributed by atoms with van der Waals surface area (Å²) >= 11 is 5.80. The van der Waals surface area contributed by atoms with Gasteiger partial charge in [-0.2, -0.15) is 5.26 Å². The summed E-state index contributed by atoms with van der Waals surface area (Å²) in [5.74, 6) is 0.0532. The van der Waals surface area contributed by atoms with Crippen LogP contribution < -0.4 is 10.6 Å². The second kappa shape index (κ2) is 5.74. The molecule has 4 nitrogen and oxygen atoms in total. The van der Waals surface area contributed by atoms with Crippen molar-refractivity contribution < 1.29 is 4.79 Å². The third-order valence-electron chi connectivity index (χ3n) is 2.71. The molecule has 0 bridgehead atoms. The number of amides is 1. The van der Waals surface area contributed by atoms with E-state index in [1.165, 1.54) is 0 Å². The predicted molar refractivity (Wildman–Crippen MR) is 70.4 cm³/mol. The summed E-state index contributed by atoms with van der Waals surface area (Å²) in [6, 6.07) is 7.53. The highest BCUT2D eigenvalue weighted by molar-refractivity contribution is 6.30. The van der Waals surface area contributed by atoms with Crippen molar-refractivity contribution in [1.29, 1.82) is 5.26 Å². The number of rotatable bonds is 5. The van der Waals surface area contributed by atoms with Gasteiger partial charge in [-0.1, -0.05) is 11.6 Å². The van der Waals surface area contributed by atoms with Crippen LogP contribution in [0.5, 0.6) is 0 Å². The van der Waals surface area contributed by atoms with Crippen molar-refractivity contribution in [1.82, 2.24) is 5.32 Å². The van der Waals surface area contributed by atoms with E-state index < -0.39 is 0 Å². The number of carbonyl (C=O) groups is 1. The highest BCUT2D eigenvalue weighted by Gasteiger charge is 2.22. The molecule has 94 valence electrons. The maximum Gasteiger partial charge on any atom is 0.221 e. The van der Waals surface area contributed by atoms with Crippen LogP contribution in [0.25, 0.3) is 0 Å². The first-order valence-corrected chi connectivity index (χ1v) is 6.29. The molecule has 1 aliphatic rings. The number of hydrogen-bond acceptors (Lipinski definition) is 3. The first-order chi connectivity index (χ1) is 8.69. The van der Waals surface area contributed by atoms with Crippen molar-refractivity contribution in [3.05, 3.63) is 28.8 Å². The van der Waals surface area contributed by atoms with Crippen molar-refractivity contribution in [3.8, 4) is 6.07 Å². The number of nitrogens with zero attached hydrogens (tertiary/aromatic N) is 1. The number of carbonyl (C=O) groups excluding carboxylic acids is 1. The van der Waals surface area contributed by atoms with Crippen LogP contribution in [0.3, 0.4) is 0 Å². The van der Waals surface area contributed by atoms with Gasteiger partial charge in [-0.15, -0.1) is 0 Å². The van der Waals surface area contributed by atoms with E-state index in [1.54, 1.807) is 18.2 Å². The van der Waals surface area contributed by atoms with Crippen molar-refractivity contribution in [3.63, 3.8) is 0 Å². The first-order valence-electron chi connectivity index (χ1n) is 5.92. The minimum absolute atomic E-state index is 0.0532. The molecule has 5 heteroatoms. The smallest absolute Gasteiger partial charge is 0.221 e. The summed E-state index contributed by atoms with van der Waals surface area (Å²) < 4.78 is 0. The van der Waals surface area contributed by atoms with E-state index in [-0.39, 0.29) is 5.91 Å². The lowest BCUT2D eigenvalue weighted by Gasteiger charge is -2.08. The van der Waals surface area contributed by atoms with E-state index in [4.69, 9.17) is 16.9 Å². The fraction of sp³-hybridized carbons (Fsp3) is 0.385. The zero-order valence-corrected chi connectivity index (χ0v) is 10.6. The number of anilines is 1. The zero-order chi connectivity index (χ0) is 13.0. The lowest BCUT2D eigenvalue weighted by molar-refractivity contribution is -0.120. The maximum atomic E-state index is 11.5. The highest BCUT2D eigenvalue weighted by Crippen LogP contribution is 2.20. The second-order valence-electron chi connectivity index (χ2n) is 4.32. The minimum atomic E-state index is 0.0532. The topological polar surface area (TPSA) is 64.9 Å². The number of nitrogens with one attached hydrogen (secondary N) is 2. The van der Waals surface area contributed by atoms with E-state index >= 15 is 0 Å². The summed E-state index contributed by atoms with van der Waals surface area (Å²) in [5, 5.41) is 15.5. The average molecular weight is 264 g/mol. The molecule has 0 aromatic heterocycles. The first kappa shape index (κ1) is 12.7. The van der Waals surface area contributed by atoms with Crippen LogP contribution in [-0.2, 0) is 4.79 Å². The lowest BCUT2D eigenvalue weighted by Crippen LogP contribution is -2.27. The molecule has 0 spiro atoms. The van der Waals surface area contributed by atoms with Crippen molar-refractivity contribution in [2.75, 3.05) is 11.9 Å². The van der Waals surface area contributed by atoms with Gasteiger partial charge in [0.1, 0.15) is 6.07 Å². The van der Waals surface area contributed by atoms with Gasteiger partial charge in [-0.3, -0.25) is 4.79 Å². The van der Waals surface area contributed by atoms with Crippen LogP contribution in [0.4, 0.5) is 5.69 Å². The van der Waals surface area contributed by atoms with Gasteiger partial charge >= 0.3 is 0 Å². The Morgan fingerprint density at radius 3 is 2.94 bits per heavy atom. The molecular weight excluding hydrogens is 250 g/mol. The molecule has 1 aliphatic carbocycles. The van der Waals surface area contributed by atoms with E-state index in [9.17, 15) is 4.79 Å². The average Bonchev–Trinajstić information content (AvgIpc) is 3.14. The van der Waals surface area contributed by atoms with Crippen LogP contribution in [0, 0.1) is 11.3 Å². The monoisotopic (exact) mass is 263 g/mol. The van der Waals surface area contributed by atoms with E-state index in [2.05, 4.69) is 16.7 Å². The Bertz CT molecular complexity index is 491. The molecule has 18 heavy (non-hydrogen) atoms. The van der Waals surface area contributed by atoms with E-state index in [0.717, 1.165) is 12.8 Å². The molecule has 0 saturated heterocycles. The summed E-state index contributed by atoms with van der Waals surface area (Å²) in [6.07, 6.45) is 2.59. The van der Waals surface area contributed by atoms with Crippen LogP contribution in [0.1, 0.15) is 24.8 Å². The van der Waals surface area contributed by atoms with Gasteiger partial charge in [0, 0.05) is 24.0 Å². The molecule has 2 rings (SSSR count). The molecule has 0 radical (unpaired) electrons. The van der Waals surface area contributed by atoms with Gasteiger partial charge in [0.2, 0.25) is 5.91 Å².